The minimum absolute atomic E-state index is 0.228. The fourth-order valence-corrected chi connectivity index (χ4v) is 6.10. The molecule has 0 saturated heterocycles. The van der Waals surface area contributed by atoms with E-state index in [1.807, 2.05) is 112 Å². The Hall–Kier alpha value is -2.75. The summed E-state index contributed by atoms with van der Waals surface area (Å²) in [4.78, 5) is 2.01. The molecule has 3 aromatic carbocycles. The number of nitrogens with zero attached hydrogens (tertiary/aromatic N) is 1. The summed E-state index contributed by atoms with van der Waals surface area (Å²) in [6.07, 6.45) is -0.228. The van der Waals surface area contributed by atoms with E-state index in [4.69, 9.17) is 9.26 Å². The number of nitrogens with one attached hydrogen (secondary N) is 1. The Kier molecular flexibility index (Phi) is 7.42. The summed E-state index contributed by atoms with van der Waals surface area (Å²) < 4.78 is 26.6. The molecule has 0 amide bonds. The molecular formula is C25H31N2O3P. The number of hydrogen-bond acceptors (Lipinski definition) is 5. The fourth-order valence-electron chi connectivity index (χ4n) is 3.47. The van der Waals surface area contributed by atoms with E-state index in [0.29, 0.717) is 11.1 Å². The molecule has 0 saturated carbocycles. The van der Waals surface area contributed by atoms with E-state index < -0.39 is 13.2 Å². The molecule has 6 heteroatoms. The topological polar surface area (TPSA) is 50.8 Å². The number of anilines is 2. The summed E-state index contributed by atoms with van der Waals surface area (Å²) in [6, 6.07) is 25.1. The molecule has 0 aliphatic rings. The van der Waals surface area contributed by atoms with Crippen LogP contribution in [0.3, 0.4) is 0 Å². The van der Waals surface area contributed by atoms with Crippen LogP contribution in [0, 0.1) is 0 Å². The molecule has 164 valence electrons. The molecule has 2 atom stereocenters. The average molecular weight is 439 g/mol. The second-order valence-electron chi connectivity index (χ2n) is 7.82. The van der Waals surface area contributed by atoms with Crippen LogP contribution >= 0.6 is 7.37 Å². The Balaban J connectivity index is 2.18. The summed E-state index contributed by atoms with van der Waals surface area (Å²) in [7, 11) is 2.16. The van der Waals surface area contributed by atoms with Crippen molar-refractivity contribution in [1.29, 1.82) is 0 Å². The molecule has 0 aliphatic carbocycles. The van der Waals surface area contributed by atoms with E-state index in [1.165, 1.54) is 0 Å². The Morgan fingerprint density at radius 3 is 2.06 bits per heavy atom. The van der Waals surface area contributed by atoms with E-state index in [0.717, 1.165) is 16.9 Å². The highest BCUT2D eigenvalue weighted by molar-refractivity contribution is 7.67. The van der Waals surface area contributed by atoms with Crippen LogP contribution in [0.1, 0.15) is 25.2 Å². The van der Waals surface area contributed by atoms with Gasteiger partial charge >= 0.3 is 0 Å². The standard InChI is InChI=1S/C25H31N2O3P/c1-19(2)30-31(28,22-17-15-21(16-18-22)27(3)4)25(26-20-11-7-6-8-12-20)23-13-9-10-14-24(23)29-5/h6-19,25-26H,1-5H3/t25-,31+/m1/s1. The Labute approximate surface area is 185 Å². The summed E-state index contributed by atoms with van der Waals surface area (Å²) in [5, 5.41) is 4.13. The molecule has 0 unspecified atom stereocenters. The van der Waals surface area contributed by atoms with Crippen LogP contribution in [0.4, 0.5) is 11.4 Å². The molecule has 0 aromatic heterocycles. The summed E-state index contributed by atoms with van der Waals surface area (Å²) in [6.45, 7) is 3.81. The van der Waals surface area contributed by atoms with Crippen molar-refractivity contribution in [3.63, 3.8) is 0 Å². The van der Waals surface area contributed by atoms with Crippen LogP contribution in [0.5, 0.6) is 5.75 Å². The van der Waals surface area contributed by atoms with E-state index in [2.05, 4.69) is 5.32 Å². The molecule has 5 nitrogen and oxygen atoms in total. The van der Waals surface area contributed by atoms with Crippen LogP contribution in [0.2, 0.25) is 0 Å². The second-order valence-corrected chi connectivity index (χ2v) is 10.3. The SMILES string of the molecule is COc1ccccc1[C@H](Nc1ccccc1)[P@@](=O)(OC(C)C)c1ccc(N(C)C)cc1. The lowest BCUT2D eigenvalue weighted by Gasteiger charge is -2.32. The molecule has 3 rings (SSSR count). The third-order valence-corrected chi connectivity index (χ3v) is 7.78. The van der Waals surface area contributed by atoms with Gasteiger partial charge in [-0.3, -0.25) is 4.57 Å². The predicted molar refractivity (Wildman–Crippen MR) is 130 cm³/mol. The lowest BCUT2D eigenvalue weighted by Crippen LogP contribution is -2.23. The molecule has 3 aromatic rings. The number of ether oxygens (including phenoxy) is 1. The summed E-state index contributed by atoms with van der Waals surface area (Å²) >= 11 is 0. The number of benzene rings is 3. The fraction of sp³-hybridized carbons (Fsp3) is 0.280. The van der Waals surface area contributed by atoms with Crippen molar-refractivity contribution in [2.45, 2.75) is 25.7 Å². The van der Waals surface area contributed by atoms with E-state index >= 15 is 0 Å². The highest BCUT2D eigenvalue weighted by atomic mass is 31.2. The first-order chi connectivity index (χ1) is 14.8. The first-order valence-corrected chi connectivity index (χ1v) is 12.0. The van der Waals surface area contributed by atoms with Crippen molar-refractivity contribution in [3.8, 4) is 5.75 Å². The van der Waals surface area contributed by atoms with Gasteiger partial charge in [0, 0.05) is 36.3 Å². The van der Waals surface area contributed by atoms with Crippen LogP contribution < -0.4 is 20.3 Å². The average Bonchev–Trinajstić information content (AvgIpc) is 2.77. The molecule has 1 N–H and O–H groups in total. The van der Waals surface area contributed by atoms with Gasteiger partial charge in [-0.1, -0.05) is 36.4 Å². The third-order valence-electron chi connectivity index (χ3n) is 4.94. The predicted octanol–water partition coefficient (Wildman–Crippen LogP) is 5.90. The van der Waals surface area contributed by atoms with Gasteiger partial charge in [-0.2, -0.15) is 0 Å². The third kappa shape index (κ3) is 5.30. The molecular weight excluding hydrogens is 407 g/mol. The minimum Gasteiger partial charge on any atom is -0.496 e. The van der Waals surface area contributed by atoms with Crippen LogP contribution in [-0.2, 0) is 9.09 Å². The van der Waals surface area contributed by atoms with Crippen molar-refractivity contribution in [2.75, 3.05) is 31.4 Å². The van der Waals surface area contributed by atoms with E-state index in [1.54, 1.807) is 7.11 Å². The van der Waals surface area contributed by atoms with Crippen LogP contribution in [0.25, 0.3) is 0 Å². The molecule has 0 spiro atoms. The number of rotatable bonds is 9. The minimum atomic E-state index is -3.43. The summed E-state index contributed by atoms with van der Waals surface area (Å²) in [5.74, 6) is 0.0343. The maximum Gasteiger partial charge on any atom is 0.258 e. The van der Waals surface area contributed by atoms with Crippen molar-refractivity contribution >= 4 is 24.0 Å². The maximum atomic E-state index is 14.7. The lowest BCUT2D eigenvalue weighted by atomic mass is 10.2. The van der Waals surface area contributed by atoms with E-state index in [9.17, 15) is 4.57 Å². The maximum absolute atomic E-state index is 14.7. The van der Waals surface area contributed by atoms with Gasteiger partial charge in [0.25, 0.3) is 7.37 Å². The number of hydrogen-bond donors (Lipinski definition) is 1. The Morgan fingerprint density at radius 1 is 0.871 bits per heavy atom. The van der Waals surface area contributed by atoms with Crippen molar-refractivity contribution in [1.82, 2.24) is 0 Å². The van der Waals surface area contributed by atoms with Gasteiger partial charge in [0.15, 0.2) is 0 Å². The highest BCUT2D eigenvalue weighted by Gasteiger charge is 2.40. The first-order valence-electron chi connectivity index (χ1n) is 10.4. The monoisotopic (exact) mass is 438 g/mol. The molecule has 0 fully saturated rings. The molecule has 0 heterocycles. The van der Waals surface area contributed by atoms with Gasteiger partial charge in [0.1, 0.15) is 11.5 Å². The zero-order valence-corrected chi connectivity index (χ0v) is 19.7. The van der Waals surface area contributed by atoms with Crippen LogP contribution in [0.15, 0.2) is 78.9 Å². The zero-order chi connectivity index (χ0) is 22.4. The normalized spacial score (nSPS) is 14.0. The highest BCUT2D eigenvalue weighted by Crippen LogP contribution is 2.61. The molecule has 0 radical (unpaired) electrons. The van der Waals surface area contributed by atoms with Gasteiger partial charge in [-0.15, -0.1) is 0 Å². The largest absolute Gasteiger partial charge is 0.496 e. The van der Waals surface area contributed by atoms with E-state index in [-0.39, 0.29) is 6.10 Å². The smallest absolute Gasteiger partial charge is 0.258 e. The van der Waals surface area contributed by atoms with Crippen molar-refractivity contribution in [3.05, 3.63) is 84.4 Å². The van der Waals surface area contributed by atoms with Gasteiger partial charge < -0.3 is 19.5 Å². The van der Waals surface area contributed by atoms with Gasteiger partial charge in [0.05, 0.1) is 13.2 Å². The number of para-hydroxylation sites is 2. The second kappa shape index (κ2) is 10.0. The Bertz CT molecular complexity index is 1020. The van der Waals surface area contributed by atoms with Gasteiger partial charge in [-0.25, -0.2) is 0 Å². The van der Waals surface area contributed by atoms with Crippen LogP contribution in [-0.4, -0.2) is 27.3 Å². The zero-order valence-electron chi connectivity index (χ0n) is 18.8. The molecule has 0 bridgehead atoms. The number of methoxy groups -OCH3 is 1. The lowest BCUT2D eigenvalue weighted by molar-refractivity contribution is 0.245. The summed E-state index contributed by atoms with van der Waals surface area (Å²) in [5.41, 5.74) is 2.68. The van der Waals surface area contributed by atoms with Gasteiger partial charge in [-0.05, 0) is 56.3 Å². The first kappa shape index (κ1) is 22.9. The molecule has 0 aliphatic heterocycles. The molecule has 31 heavy (non-hydrogen) atoms. The van der Waals surface area contributed by atoms with Gasteiger partial charge in [0.2, 0.25) is 0 Å². The van der Waals surface area contributed by atoms with Crippen molar-refractivity contribution < 1.29 is 13.8 Å². The Morgan fingerprint density at radius 2 is 1.48 bits per heavy atom. The quantitative estimate of drug-likeness (QED) is 0.422. The van der Waals surface area contributed by atoms with Crippen molar-refractivity contribution in [2.24, 2.45) is 0 Å².